The van der Waals surface area contributed by atoms with Crippen molar-refractivity contribution in [2.45, 2.75) is 12.8 Å². The van der Waals surface area contributed by atoms with Crippen LogP contribution in [0.15, 0.2) is 72.9 Å². The third-order valence-corrected chi connectivity index (χ3v) is 8.60. The number of hydrogen-bond acceptors (Lipinski definition) is 17. The van der Waals surface area contributed by atoms with E-state index in [9.17, 15) is 25.0 Å². The molecule has 0 aliphatic rings. The number of nitro benzene ring substituents is 2. The van der Waals surface area contributed by atoms with Crippen LogP contribution < -0.4 is 10.1 Å². The van der Waals surface area contributed by atoms with Crippen LogP contribution in [0.25, 0.3) is 10.9 Å². The Bertz CT molecular complexity index is 1940. The molecule has 0 aliphatic heterocycles. The lowest BCUT2D eigenvalue weighted by Gasteiger charge is -2.09. The lowest BCUT2D eigenvalue weighted by atomic mass is 10.1. The summed E-state index contributed by atoms with van der Waals surface area (Å²) in [5.74, 6) is 1.19. The minimum absolute atomic E-state index is 0.184. The molecule has 0 atom stereocenters. The molecule has 0 bridgehead atoms. The summed E-state index contributed by atoms with van der Waals surface area (Å²) >= 11 is 0. The number of H-pyrrole nitrogens is 1. The monoisotopic (exact) mass is 900 g/mol. The predicted octanol–water partition coefficient (Wildman–Crippen LogP) is 4.71. The summed E-state index contributed by atoms with van der Waals surface area (Å²) in [5, 5.41) is 26.0. The van der Waals surface area contributed by atoms with Gasteiger partial charge >= 0.3 is 6.15 Å². The van der Waals surface area contributed by atoms with E-state index in [-0.39, 0.29) is 23.4 Å². The Morgan fingerprint density at radius 2 is 1.03 bits per heavy atom. The number of nitrogens with one attached hydrogen (secondary N) is 2. The molecular formula is C43H56N4O17. The number of ether oxygens (including phenoxy) is 10. The van der Waals surface area contributed by atoms with E-state index in [0.717, 1.165) is 22.7 Å². The molecule has 350 valence electrons. The quantitative estimate of drug-likeness (QED) is 0.0356. The lowest BCUT2D eigenvalue weighted by Crippen LogP contribution is -2.27. The van der Waals surface area contributed by atoms with E-state index in [1.54, 1.807) is 24.3 Å². The van der Waals surface area contributed by atoms with Gasteiger partial charge in [0.2, 0.25) is 0 Å². The normalized spacial score (nSPS) is 10.9. The standard InChI is InChI=1S/C42H56N4O15.CO2/c47-42(35-4-7-38(8-5-35)61-39-9-10-40-36(32-39)11-12-43-40)44-13-15-53-17-19-55-21-23-57-25-27-59-29-31-60-30-28-58-26-24-56-22-20-54-18-16-52-14-1-2-34-3-6-37(45(48)49)33-41(34)46(50)51;2-1-3/h3-12,32-33,43H,1-2,13-31H2,(H,44,47);. The Hall–Kier alpha value is -5.71. The van der Waals surface area contributed by atoms with Crippen LogP contribution in [0.4, 0.5) is 11.4 Å². The second-order valence-electron chi connectivity index (χ2n) is 13.1. The molecule has 0 radical (unpaired) electrons. The van der Waals surface area contributed by atoms with Gasteiger partial charge in [-0.3, -0.25) is 25.0 Å². The number of rotatable bonds is 36. The Morgan fingerprint density at radius 3 is 1.52 bits per heavy atom. The van der Waals surface area contributed by atoms with Gasteiger partial charge in [0.15, 0.2) is 0 Å². The smallest absolute Gasteiger partial charge is 0.373 e. The first-order valence-corrected chi connectivity index (χ1v) is 20.6. The van der Waals surface area contributed by atoms with Gasteiger partial charge < -0.3 is 57.7 Å². The summed E-state index contributed by atoms with van der Waals surface area (Å²) in [7, 11) is 0. The number of non-ortho nitro benzene ring substituents is 1. The average Bonchev–Trinajstić information content (AvgIpc) is 3.77. The van der Waals surface area contributed by atoms with Crippen molar-refractivity contribution in [1.82, 2.24) is 10.3 Å². The fourth-order valence-electron chi connectivity index (χ4n) is 5.52. The molecule has 0 spiro atoms. The fraction of sp³-hybridized carbons (Fsp3) is 0.488. The number of carbonyl (C=O) groups excluding carboxylic acids is 3. The van der Waals surface area contributed by atoms with Crippen LogP contribution in [-0.2, 0) is 58.6 Å². The van der Waals surface area contributed by atoms with E-state index in [4.69, 9.17) is 57.0 Å². The van der Waals surface area contributed by atoms with Crippen molar-refractivity contribution < 1.29 is 71.6 Å². The molecule has 1 amide bonds. The van der Waals surface area contributed by atoms with Crippen LogP contribution in [0, 0.1) is 20.2 Å². The van der Waals surface area contributed by atoms with E-state index in [1.165, 1.54) is 12.1 Å². The molecule has 2 N–H and O–H groups in total. The van der Waals surface area contributed by atoms with Crippen LogP contribution >= 0.6 is 0 Å². The molecular weight excluding hydrogens is 844 g/mol. The fourth-order valence-corrected chi connectivity index (χ4v) is 5.52. The van der Waals surface area contributed by atoms with Gasteiger partial charge in [-0.15, -0.1) is 0 Å². The third-order valence-electron chi connectivity index (χ3n) is 8.60. The third kappa shape index (κ3) is 23.1. The van der Waals surface area contributed by atoms with Gasteiger partial charge in [0.1, 0.15) is 11.5 Å². The minimum atomic E-state index is -0.656. The highest BCUT2D eigenvalue weighted by Crippen LogP contribution is 2.27. The Labute approximate surface area is 369 Å². The van der Waals surface area contributed by atoms with Gasteiger partial charge in [0.25, 0.3) is 17.3 Å². The van der Waals surface area contributed by atoms with Crippen molar-refractivity contribution in [3.05, 3.63) is 104 Å². The molecule has 1 heterocycles. The van der Waals surface area contributed by atoms with E-state index in [1.807, 2.05) is 30.5 Å². The summed E-state index contributed by atoms with van der Waals surface area (Å²) in [6.07, 6.45) is 3.04. The summed E-state index contributed by atoms with van der Waals surface area (Å²) in [6.45, 7) is 7.99. The van der Waals surface area contributed by atoms with Gasteiger partial charge in [-0.25, -0.2) is 0 Å². The van der Waals surface area contributed by atoms with E-state index < -0.39 is 9.85 Å². The van der Waals surface area contributed by atoms with Gasteiger partial charge in [0.05, 0.1) is 128 Å². The highest BCUT2D eigenvalue weighted by molar-refractivity contribution is 5.94. The number of aromatic amines is 1. The molecule has 4 aromatic rings. The number of fused-ring (bicyclic) bond motifs is 1. The summed E-state index contributed by atoms with van der Waals surface area (Å²) < 4.78 is 55.3. The Morgan fingerprint density at radius 1 is 0.562 bits per heavy atom. The summed E-state index contributed by atoms with van der Waals surface area (Å²) in [4.78, 5) is 52.6. The van der Waals surface area contributed by atoms with Gasteiger partial charge in [0, 0.05) is 47.4 Å². The highest BCUT2D eigenvalue weighted by atomic mass is 16.6. The Balaban J connectivity index is 0.00000353. The van der Waals surface area contributed by atoms with Crippen molar-refractivity contribution in [2.75, 3.05) is 125 Å². The first-order valence-electron chi connectivity index (χ1n) is 20.6. The maximum atomic E-state index is 12.4. The highest BCUT2D eigenvalue weighted by Gasteiger charge is 2.19. The summed E-state index contributed by atoms with van der Waals surface area (Å²) in [6, 6.07) is 18.4. The molecule has 64 heavy (non-hydrogen) atoms. The zero-order valence-electron chi connectivity index (χ0n) is 35.6. The van der Waals surface area contributed by atoms with Crippen molar-refractivity contribution in [3.8, 4) is 11.5 Å². The zero-order chi connectivity index (χ0) is 45.9. The molecule has 21 heteroatoms. The molecule has 4 rings (SSSR count). The Kier molecular flexibility index (Phi) is 27.8. The van der Waals surface area contributed by atoms with Gasteiger partial charge in [-0.05, 0) is 67.4 Å². The van der Waals surface area contributed by atoms with Crippen molar-refractivity contribution in [2.24, 2.45) is 0 Å². The summed E-state index contributed by atoms with van der Waals surface area (Å²) in [5.41, 5.74) is 1.44. The number of aryl methyl sites for hydroxylation is 1. The second-order valence-corrected chi connectivity index (χ2v) is 13.1. The number of hydrogen-bond donors (Lipinski definition) is 2. The van der Waals surface area contributed by atoms with E-state index >= 15 is 0 Å². The molecule has 0 aliphatic carbocycles. The van der Waals surface area contributed by atoms with E-state index in [0.29, 0.717) is 155 Å². The van der Waals surface area contributed by atoms with Crippen molar-refractivity contribution in [1.29, 1.82) is 0 Å². The zero-order valence-corrected chi connectivity index (χ0v) is 35.6. The SMILES string of the molecule is O=C(NCCOCCOCCOCCOCCOCCOCCOCCOCCOCCCc1ccc([N+](=O)[O-])cc1[N+](=O)[O-])c1ccc(Oc2ccc3[nH]ccc3c2)cc1.O=C=O. The minimum Gasteiger partial charge on any atom is -0.457 e. The maximum Gasteiger partial charge on any atom is 0.373 e. The van der Waals surface area contributed by atoms with Crippen LogP contribution in [0.5, 0.6) is 11.5 Å². The first kappa shape index (κ1) is 52.6. The topological polar surface area (TPSA) is 258 Å². The van der Waals surface area contributed by atoms with Crippen LogP contribution in [0.1, 0.15) is 22.3 Å². The second kappa shape index (κ2) is 33.8. The number of aromatic nitrogens is 1. The number of nitro groups is 2. The molecule has 0 saturated carbocycles. The molecule has 0 fully saturated rings. The van der Waals surface area contributed by atoms with Crippen LogP contribution in [0.3, 0.4) is 0 Å². The number of nitrogens with zero attached hydrogens (tertiary/aromatic N) is 2. The number of carbonyl (C=O) groups is 1. The van der Waals surface area contributed by atoms with E-state index in [2.05, 4.69) is 10.3 Å². The van der Waals surface area contributed by atoms with Gasteiger partial charge in [-0.2, -0.15) is 9.59 Å². The lowest BCUT2D eigenvalue weighted by molar-refractivity contribution is -0.394. The molecule has 0 unspecified atom stereocenters. The van der Waals surface area contributed by atoms with Crippen LogP contribution in [-0.4, -0.2) is 152 Å². The van der Waals surface area contributed by atoms with Gasteiger partial charge in [-0.1, -0.05) is 0 Å². The molecule has 21 nitrogen and oxygen atoms in total. The van der Waals surface area contributed by atoms with Crippen molar-refractivity contribution >= 4 is 34.3 Å². The van der Waals surface area contributed by atoms with Crippen LogP contribution in [0.2, 0.25) is 0 Å². The molecule has 0 saturated heterocycles. The maximum absolute atomic E-state index is 12.4. The number of amides is 1. The predicted molar refractivity (Wildman–Crippen MR) is 228 cm³/mol. The number of benzene rings is 3. The first-order chi connectivity index (χ1) is 31.3. The average molecular weight is 901 g/mol. The largest absolute Gasteiger partial charge is 0.457 e. The molecule has 1 aromatic heterocycles. The van der Waals surface area contributed by atoms with Crippen molar-refractivity contribution in [3.63, 3.8) is 0 Å². The molecule has 3 aromatic carbocycles.